The molecule has 0 radical (unpaired) electrons. The van der Waals surface area contributed by atoms with Gasteiger partial charge in [0.2, 0.25) is 0 Å². The van der Waals surface area contributed by atoms with Gasteiger partial charge in [0, 0.05) is 54.3 Å². The summed E-state index contributed by atoms with van der Waals surface area (Å²) in [5.74, 6) is 0. The lowest BCUT2D eigenvalue weighted by molar-refractivity contribution is 1.29. The van der Waals surface area contributed by atoms with Gasteiger partial charge < -0.3 is 9.80 Å². The number of anilines is 6. The van der Waals surface area contributed by atoms with Crippen molar-refractivity contribution in [3.63, 3.8) is 0 Å². The summed E-state index contributed by atoms with van der Waals surface area (Å²) >= 11 is 1.85. The summed E-state index contributed by atoms with van der Waals surface area (Å²) in [4.78, 5) is 4.68. The smallest absolute Gasteiger partial charge is 0.0476 e. The van der Waals surface area contributed by atoms with Gasteiger partial charge in [0.05, 0.1) is 0 Å². The fraction of sp³-hybridized carbons (Fsp3) is 0. The maximum Gasteiger partial charge on any atom is 0.0476 e. The molecule has 2 nitrogen and oxygen atoms in total. The Balaban J connectivity index is 1.07. The zero-order chi connectivity index (χ0) is 34.0. The van der Waals surface area contributed by atoms with Gasteiger partial charge in [0.1, 0.15) is 0 Å². The van der Waals surface area contributed by atoms with Crippen LogP contribution in [0.3, 0.4) is 0 Å². The summed E-state index contributed by atoms with van der Waals surface area (Å²) in [6.07, 6.45) is 0. The predicted molar refractivity (Wildman–Crippen MR) is 220 cm³/mol. The van der Waals surface area contributed by atoms with Crippen LogP contribution < -0.4 is 9.80 Å². The van der Waals surface area contributed by atoms with Crippen LogP contribution in [0.2, 0.25) is 0 Å². The molecule has 1 aromatic heterocycles. The van der Waals surface area contributed by atoms with Gasteiger partial charge in [-0.05, 0) is 95.1 Å². The molecule has 0 aliphatic carbocycles. The minimum atomic E-state index is 1.12. The molecule has 51 heavy (non-hydrogen) atoms. The summed E-state index contributed by atoms with van der Waals surface area (Å²) in [6, 6.07) is 73.9. The molecule has 0 N–H and O–H groups in total. The van der Waals surface area contributed by atoms with Crippen molar-refractivity contribution in [2.75, 3.05) is 9.80 Å². The van der Waals surface area contributed by atoms with E-state index in [1.54, 1.807) is 0 Å². The molecule has 0 spiro atoms. The van der Waals surface area contributed by atoms with E-state index in [9.17, 15) is 0 Å². The third kappa shape index (κ3) is 6.05. The molecule has 0 atom stereocenters. The molecule has 0 fully saturated rings. The molecule has 0 aliphatic heterocycles. The molecule has 8 aromatic carbocycles. The number of para-hydroxylation sites is 3. The van der Waals surface area contributed by atoms with E-state index in [1.165, 1.54) is 42.4 Å². The highest BCUT2D eigenvalue weighted by atomic mass is 32.1. The molecule has 242 valence electrons. The first-order valence-corrected chi connectivity index (χ1v) is 18.1. The predicted octanol–water partition coefficient (Wildman–Crippen LogP) is 14.3. The standard InChI is InChI=1S/C48H34N2S/c1-5-13-35(14-6-1)36-21-23-37(24-22-36)38-25-27-42(28-26-38)50(41-19-11-4-12-20-41)44-30-32-46-45-31-29-43(33-47(45)51-48(46)34-44)49(39-15-7-2-8-16-39)40-17-9-3-10-18-40/h1-34H. The fourth-order valence-corrected chi connectivity index (χ4v) is 8.12. The molecule has 0 aliphatic rings. The first-order chi connectivity index (χ1) is 25.3. The van der Waals surface area contributed by atoms with Crippen molar-refractivity contribution in [1.29, 1.82) is 0 Å². The molecule has 0 bridgehead atoms. The van der Waals surface area contributed by atoms with Crippen LogP contribution in [0.1, 0.15) is 0 Å². The van der Waals surface area contributed by atoms with E-state index in [2.05, 4.69) is 216 Å². The van der Waals surface area contributed by atoms with Crippen LogP contribution in [0.15, 0.2) is 206 Å². The number of rotatable bonds is 8. The topological polar surface area (TPSA) is 6.48 Å². The van der Waals surface area contributed by atoms with E-state index in [-0.39, 0.29) is 0 Å². The van der Waals surface area contributed by atoms with Gasteiger partial charge in [0.25, 0.3) is 0 Å². The zero-order valence-electron chi connectivity index (χ0n) is 27.9. The quantitative estimate of drug-likeness (QED) is 0.159. The Morgan fingerprint density at radius 3 is 0.941 bits per heavy atom. The maximum absolute atomic E-state index is 2.35. The Bertz CT molecular complexity index is 2510. The summed E-state index contributed by atoms with van der Waals surface area (Å²) in [6.45, 7) is 0. The molecule has 3 heteroatoms. The van der Waals surface area contributed by atoms with Gasteiger partial charge in [-0.15, -0.1) is 11.3 Å². The highest BCUT2D eigenvalue weighted by Gasteiger charge is 2.17. The fourth-order valence-electron chi connectivity index (χ4n) is 6.95. The molecule has 9 rings (SSSR count). The molecule has 9 aromatic rings. The van der Waals surface area contributed by atoms with E-state index in [0.717, 1.165) is 34.1 Å². The monoisotopic (exact) mass is 670 g/mol. The van der Waals surface area contributed by atoms with E-state index in [1.807, 2.05) is 11.3 Å². The minimum absolute atomic E-state index is 1.12. The van der Waals surface area contributed by atoms with Crippen LogP contribution in [0.4, 0.5) is 34.1 Å². The van der Waals surface area contributed by atoms with Crippen molar-refractivity contribution in [3.8, 4) is 22.3 Å². The second-order valence-electron chi connectivity index (χ2n) is 12.6. The number of hydrogen-bond acceptors (Lipinski definition) is 3. The Kier molecular flexibility index (Phi) is 8.09. The van der Waals surface area contributed by atoms with Crippen molar-refractivity contribution in [3.05, 3.63) is 206 Å². The second kappa shape index (κ2) is 13.5. The van der Waals surface area contributed by atoms with Gasteiger partial charge >= 0.3 is 0 Å². The Morgan fingerprint density at radius 2 is 0.549 bits per heavy atom. The Hall–Kier alpha value is -6.42. The van der Waals surface area contributed by atoms with E-state index >= 15 is 0 Å². The van der Waals surface area contributed by atoms with E-state index in [0.29, 0.717) is 0 Å². The highest BCUT2D eigenvalue weighted by molar-refractivity contribution is 7.25. The summed E-state index contributed by atoms with van der Waals surface area (Å²) in [5.41, 5.74) is 11.7. The molecule has 0 saturated carbocycles. The van der Waals surface area contributed by atoms with Crippen molar-refractivity contribution < 1.29 is 0 Å². The number of thiophene rings is 1. The Morgan fingerprint density at radius 1 is 0.255 bits per heavy atom. The molecular weight excluding hydrogens is 637 g/mol. The summed E-state index contributed by atoms with van der Waals surface area (Å²) < 4.78 is 2.53. The highest BCUT2D eigenvalue weighted by Crippen LogP contribution is 2.43. The van der Waals surface area contributed by atoms with Crippen LogP contribution in [0.25, 0.3) is 42.4 Å². The van der Waals surface area contributed by atoms with Crippen molar-refractivity contribution in [1.82, 2.24) is 0 Å². The number of fused-ring (bicyclic) bond motifs is 3. The largest absolute Gasteiger partial charge is 0.310 e. The molecule has 0 saturated heterocycles. The van der Waals surface area contributed by atoms with Gasteiger partial charge in [-0.1, -0.05) is 133 Å². The van der Waals surface area contributed by atoms with Crippen molar-refractivity contribution in [2.45, 2.75) is 0 Å². The van der Waals surface area contributed by atoms with E-state index in [4.69, 9.17) is 0 Å². The Labute approximate surface area is 302 Å². The second-order valence-corrected chi connectivity index (χ2v) is 13.7. The number of benzene rings is 8. The third-order valence-electron chi connectivity index (χ3n) is 9.45. The summed E-state index contributed by atoms with van der Waals surface area (Å²) in [7, 11) is 0. The molecule has 1 heterocycles. The first-order valence-electron chi connectivity index (χ1n) is 17.3. The molecular formula is C48H34N2S. The number of hydrogen-bond donors (Lipinski definition) is 0. The van der Waals surface area contributed by atoms with Gasteiger partial charge in [-0.3, -0.25) is 0 Å². The van der Waals surface area contributed by atoms with Crippen LogP contribution in [0.5, 0.6) is 0 Å². The number of nitrogens with zero attached hydrogens (tertiary/aromatic N) is 2. The average molecular weight is 671 g/mol. The third-order valence-corrected chi connectivity index (χ3v) is 10.6. The summed E-state index contributed by atoms with van der Waals surface area (Å²) in [5, 5.41) is 2.55. The molecule has 0 unspecified atom stereocenters. The zero-order valence-corrected chi connectivity index (χ0v) is 28.7. The lowest BCUT2D eigenvalue weighted by Gasteiger charge is -2.25. The first kappa shape index (κ1) is 30.6. The van der Waals surface area contributed by atoms with Gasteiger partial charge in [-0.25, -0.2) is 0 Å². The average Bonchev–Trinajstić information content (AvgIpc) is 3.57. The normalized spacial score (nSPS) is 11.1. The van der Waals surface area contributed by atoms with Crippen LogP contribution >= 0.6 is 11.3 Å². The van der Waals surface area contributed by atoms with E-state index < -0.39 is 0 Å². The maximum atomic E-state index is 2.35. The SMILES string of the molecule is c1ccc(-c2ccc(-c3ccc(N(c4ccccc4)c4ccc5c(c4)sc4cc(N(c6ccccc6)c6ccccc6)ccc45)cc3)cc2)cc1. The van der Waals surface area contributed by atoms with Gasteiger partial charge in [-0.2, -0.15) is 0 Å². The van der Waals surface area contributed by atoms with Crippen molar-refractivity contribution in [2.24, 2.45) is 0 Å². The minimum Gasteiger partial charge on any atom is -0.310 e. The van der Waals surface area contributed by atoms with Crippen LogP contribution in [-0.2, 0) is 0 Å². The molecule has 0 amide bonds. The lowest BCUT2D eigenvalue weighted by atomic mass is 10.00. The van der Waals surface area contributed by atoms with Gasteiger partial charge in [0.15, 0.2) is 0 Å². The van der Waals surface area contributed by atoms with Crippen LogP contribution in [-0.4, -0.2) is 0 Å². The van der Waals surface area contributed by atoms with Crippen LogP contribution in [0, 0.1) is 0 Å². The lowest BCUT2D eigenvalue weighted by Crippen LogP contribution is -2.09. The van der Waals surface area contributed by atoms with Crippen molar-refractivity contribution >= 4 is 65.6 Å².